The predicted octanol–water partition coefficient (Wildman–Crippen LogP) is 3.19. The summed E-state index contributed by atoms with van der Waals surface area (Å²) in [7, 11) is 1.50. The molecule has 7 nitrogen and oxygen atoms in total. The summed E-state index contributed by atoms with van der Waals surface area (Å²) in [5, 5.41) is 5.33. The van der Waals surface area contributed by atoms with E-state index in [1.807, 2.05) is 0 Å². The van der Waals surface area contributed by atoms with Crippen molar-refractivity contribution in [2.45, 2.75) is 0 Å². The highest BCUT2D eigenvalue weighted by molar-refractivity contribution is 6.06. The number of anilines is 2. The Labute approximate surface area is 143 Å². The summed E-state index contributed by atoms with van der Waals surface area (Å²) in [4.78, 5) is 28.3. The van der Waals surface area contributed by atoms with Gasteiger partial charge in [0.25, 0.3) is 11.8 Å². The average Bonchev–Trinajstić information content (AvgIpc) is 3.18. The van der Waals surface area contributed by atoms with Crippen molar-refractivity contribution in [1.82, 2.24) is 4.98 Å². The average molecular weight is 337 g/mol. The normalized spacial score (nSPS) is 10.1. The third-order valence-electron chi connectivity index (χ3n) is 3.36. The van der Waals surface area contributed by atoms with Crippen molar-refractivity contribution in [2.24, 2.45) is 0 Å². The molecule has 3 rings (SSSR count). The molecule has 2 N–H and O–H groups in total. The Kier molecular flexibility index (Phi) is 4.75. The summed E-state index contributed by atoms with van der Waals surface area (Å²) in [5.41, 5.74) is 0.909. The van der Waals surface area contributed by atoms with Crippen LogP contribution in [0.1, 0.15) is 20.9 Å². The highest BCUT2D eigenvalue weighted by Crippen LogP contribution is 2.19. The molecule has 1 aromatic carbocycles. The van der Waals surface area contributed by atoms with Crippen LogP contribution in [0, 0.1) is 0 Å². The maximum Gasteiger partial charge on any atom is 0.292 e. The first kappa shape index (κ1) is 16.3. The number of nitrogens with zero attached hydrogens (tertiary/aromatic N) is 1. The van der Waals surface area contributed by atoms with E-state index in [1.54, 1.807) is 48.5 Å². The van der Waals surface area contributed by atoms with Crippen molar-refractivity contribution in [1.29, 1.82) is 0 Å². The number of nitrogens with one attached hydrogen (secondary N) is 2. The molecule has 2 heterocycles. The standard InChI is InChI=1S/C18H15N3O4/c1-24-14-6-3-2-5-13(14)17(22)20-12-8-9-16(19-11-12)21-18(23)15-7-4-10-25-15/h2-11H,1H3,(H,20,22)(H,19,21,23). The molecule has 0 radical (unpaired) electrons. The fourth-order valence-electron chi connectivity index (χ4n) is 2.16. The van der Waals surface area contributed by atoms with Crippen molar-refractivity contribution in [3.05, 3.63) is 72.3 Å². The van der Waals surface area contributed by atoms with Gasteiger partial charge in [-0.2, -0.15) is 0 Å². The van der Waals surface area contributed by atoms with Crippen LogP contribution in [0.15, 0.2) is 65.4 Å². The molecule has 3 aromatic rings. The van der Waals surface area contributed by atoms with E-state index < -0.39 is 5.91 Å². The molecular formula is C18H15N3O4. The molecule has 0 bridgehead atoms. The zero-order valence-corrected chi connectivity index (χ0v) is 13.4. The Morgan fingerprint density at radius 1 is 1.00 bits per heavy atom. The highest BCUT2D eigenvalue weighted by Gasteiger charge is 2.12. The van der Waals surface area contributed by atoms with Gasteiger partial charge in [-0.1, -0.05) is 12.1 Å². The maximum absolute atomic E-state index is 12.3. The number of aromatic nitrogens is 1. The number of carbonyl (C=O) groups is 2. The first-order chi connectivity index (χ1) is 12.2. The van der Waals surface area contributed by atoms with Gasteiger partial charge >= 0.3 is 0 Å². The van der Waals surface area contributed by atoms with Gasteiger partial charge in [0.05, 0.1) is 30.8 Å². The Bertz CT molecular complexity index is 874. The van der Waals surface area contributed by atoms with Gasteiger partial charge in [-0.15, -0.1) is 0 Å². The summed E-state index contributed by atoms with van der Waals surface area (Å²) >= 11 is 0. The Morgan fingerprint density at radius 3 is 2.52 bits per heavy atom. The Hall–Kier alpha value is -3.61. The molecule has 2 aromatic heterocycles. The molecule has 2 amide bonds. The van der Waals surface area contributed by atoms with Crippen LogP contribution >= 0.6 is 0 Å². The summed E-state index contributed by atoms with van der Waals surface area (Å²) < 4.78 is 10.2. The molecule has 0 unspecified atom stereocenters. The van der Waals surface area contributed by atoms with E-state index in [0.717, 1.165) is 0 Å². The number of pyridine rings is 1. The second-order valence-electron chi connectivity index (χ2n) is 5.02. The SMILES string of the molecule is COc1ccccc1C(=O)Nc1ccc(NC(=O)c2ccco2)nc1. The molecule has 0 aliphatic heterocycles. The molecule has 0 aliphatic rings. The number of amides is 2. The second-order valence-corrected chi connectivity index (χ2v) is 5.02. The van der Waals surface area contributed by atoms with E-state index in [-0.39, 0.29) is 11.7 Å². The molecule has 126 valence electrons. The van der Waals surface area contributed by atoms with Gasteiger partial charge in [-0.3, -0.25) is 9.59 Å². The van der Waals surface area contributed by atoms with E-state index in [4.69, 9.17) is 9.15 Å². The number of furan rings is 1. The minimum atomic E-state index is -0.400. The molecule has 0 saturated carbocycles. The third kappa shape index (κ3) is 3.84. The largest absolute Gasteiger partial charge is 0.496 e. The number of rotatable bonds is 5. The Balaban J connectivity index is 1.66. The lowest BCUT2D eigenvalue weighted by Gasteiger charge is -2.09. The number of methoxy groups -OCH3 is 1. The Morgan fingerprint density at radius 2 is 1.84 bits per heavy atom. The lowest BCUT2D eigenvalue weighted by atomic mass is 10.2. The second kappa shape index (κ2) is 7.31. The van der Waals surface area contributed by atoms with Crippen molar-refractivity contribution >= 4 is 23.3 Å². The number of hydrogen-bond acceptors (Lipinski definition) is 5. The first-order valence-electron chi connectivity index (χ1n) is 7.42. The quantitative estimate of drug-likeness (QED) is 0.746. The van der Waals surface area contributed by atoms with Gasteiger partial charge in [0, 0.05) is 0 Å². The molecule has 0 saturated heterocycles. The van der Waals surface area contributed by atoms with E-state index in [1.165, 1.54) is 19.6 Å². The van der Waals surface area contributed by atoms with Crippen LogP contribution in [-0.2, 0) is 0 Å². The van der Waals surface area contributed by atoms with Crippen molar-refractivity contribution in [3.63, 3.8) is 0 Å². The maximum atomic E-state index is 12.3. The molecule has 0 atom stereocenters. The molecule has 0 aliphatic carbocycles. The first-order valence-corrected chi connectivity index (χ1v) is 7.42. The lowest BCUT2D eigenvalue weighted by molar-refractivity contribution is 0.0993. The number of carbonyl (C=O) groups excluding carboxylic acids is 2. The van der Waals surface area contributed by atoms with Crippen LogP contribution in [0.25, 0.3) is 0 Å². The van der Waals surface area contributed by atoms with Crippen LogP contribution < -0.4 is 15.4 Å². The van der Waals surface area contributed by atoms with Crippen molar-refractivity contribution < 1.29 is 18.7 Å². The van der Waals surface area contributed by atoms with E-state index in [0.29, 0.717) is 22.8 Å². The van der Waals surface area contributed by atoms with Crippen LogP contribution in [0.4, 0.5) is 11.5 Å². The van der Waals surface area contributed by atoms with Crippen LogP contribution in [0.5, 0.6) is 5.75 Å². The monoisotopic (exact) mass is 337 g/mol. The zero-order chi connectivity index (χ0) is 17.6. The third-order valence-corrected chi connectivity index (χ3v) is 3.36. The number of benzene rings is 1. The van der Waals surface area contributed by atoms with Gasteiger partial charge in [0.15, 0.2) is 5.76 Å². The molecular weight excluding hydrogens is 322 g/mol. The van der Waals surface area contributed by atoms with Crippen molar-refractivity contribution in [2.75, 3.05) is 17.7 Å². The smallest absolute Gasteiger partial charge is 0.292 e. The van der Waals surface area contributed by atoms with Gasteiger partial charge in [-0.05, 0) is 36.4 Å². The van der Waals surface area contributed by atoms with Gasteiger partial charge < -0.3 is 19.8 Å². The number of para-hydroxylation sites is 1. The van der Waals surface area contributed by atoms with Crippen molar-refractivity contribution in [3.8, 4) is 5.75 Å². The molecule has 25 heavy (non-hydrogen) atoms. The van der Waals surface area contributed by atoms with E-state index >= 15 is 0 Å². The van der Waals surface area contributed by atoms with E-state index in [2.05, 4.69) is 15.6 Å². The summed E-state index contributed by atoms with van der Waals surface area (Å²) in [5.74, 6) is 0.303. The molecule has 0 fully saturated rings. The summed E-state index contributed by atoms with van der Waals surface area (Å²) in [6.45, 7) is 0. The summed E-state index contributed by atoms with van der Waals surface area (Å²) in [6, 6.07) is 13.3. The van der Waals surface area contributed by atoms with Gasteiger partial charge in [0.1, 0.15) is 11.6 Å². The van der Waals surface area contributed by atoms with E-state index in [9.17, 15) is 9.59 Å². The van der Waals surface area contributed by atoms with Crippen LogP contribution in [-0.4, -0.2) is 23.9 Å². The fourth-order valence-corrected chi connectivity index (χ4v) is 2.16. The number of ether oxygens (including phenoxy) is 1. The molecule has 0 spiro atoms. The lowest BCUT2D eigenvalue weighted by Crippen LogP contribution is -2.14. The van der Waals surface area contributed by atoms with Gasteiger partial charge in [-0.25, -0.2) is 4.98 Å². The minimum absolute atomic E-state index is 0.190. The topological polar surface area (TPSA) is 93.5 Å². The zero-order valence-electron chi connectivity index (χ0n) is 13.4. The van der Waals surface area contributed by atoms with Crippen LogP contribution in [0.3, 0.4) is 0 Å². The highest BCUT2D eigenvalue weighted by atomic mass is 16.5. The van der Waals surface area contributed by atoms with Gasteiger partial charge in [0.2, 0.25) is 0 Å². The molecule has 7 heteroatoms. The minimum Gasteiger partial charge on any atom is -0.496 e. The summed E-state index contributed by atoms with van der Waals surface area (Å²) in [6.07, 6.45) is 2.86. The van der Waals surface area contributed by atoms with Crippen LogP contribution in [0.2, 0.25) is 0 Å². The number of hydrogen-bond donors (Lipinski definition) is 2. The fraction of sp³-hybridized carbons (Fsp3) is 0.0556. The predicted molar refractivity (Wildman–Crippen MR) is 91.8 cm³/mol.